The predicted molar refractivity (Wildman–Crippen MR) is 140 cm³/mol. The molecule has 0 bridgehead atoms. The van der Waals surface area contributed by atoms with Crippen molar-refractivity contribution in [3.05, 3.63) is 70.8 Å². The van der Waals surface area contributed by atoms with Crippen molar-refractivity contribution in [3.63, 3.8) is 0 Å². The molecule has 0 saturated carbocycles. The van der Waals surface area contributed by atoms with E-state index in [2.05, 4.69) is 16.0 Å². The van der Waals surface area contributed by atoms with Crippen LogP contribution in [0, 0.1) is 26.7 Å². The van der Waals surface area contributed by atoms with Gasteiger partial charge in [0.25, 0.3) is 5.91 Å². The normalized spacial score (nSPS) is 12.8. The lowest BCUT2D eigenvalue weighted by atomic mass is 9.90. The maximum absolute atomic E-state index is 13.4. The number of amides is 3. The van der Waals surface area contributed by atoms with E-state index in [1.807, 2.05) is 71.0 Å². The number of aryl methyl sites for hydroxylation is 3. The smallest absolute Gasteiger partial charge is 0.329 e. The monoisotopic (exact) mass is 475 g/mol. The number of urea groups is 1. The zero-order chi connectivity index (χ0) is 25.9. The zero-order valence-corrected chi connectivity index (χ0v) is 21.1. The molecular weight excluding hydrogens is 442 g/mol. The summed E-state index contributed by atoms with van der Waals surface area (Å²) in [5.41, 5.74) is 2.69. The number of nitrogens with one attached hydrogen (secondary N) is 3. The van der Waals surface area contributed by atoms with Crippen LogP contribution in [0.25, 0.3) is 10.8 Å². The number of carbonyl (C=O) groups is 3. The van der Waals surface area contributed by atoms with Gasteiger partial charge in [0.1, 0.15) is 5.54 Å². The largest absolute Gasteiger partial charge is 0.480 e. The van der Waals surface area contributed by atoms with Crippen molar-refractivity contribution in [1.82, 2.24) is 5.32 Å². The van der Waals surface area contributed by atoms with Crippen molar-refractivity contribution >= 4 is 40.1 Å². The Kier molecular flexibility index (Phi) is 7.48. The highest BCUT2D eigenvalue weighted by Gasteiger charge is 2.36. The van der Waals surface area contributed by atoms with Crippen LogP contribution in [0.3, 0.4) is 0 Å². The highest BCUT2D eigenvalue weighted by molar-refractivity contribution is 6.10. The maximum atomic E-state index is 13.4. The van der Waals surface area contributed by atoms with E-state index in [1.54, 1.807) is 12.1 Å². The molecule has 0 spiro atoms. The van der Waals surface area contributed by atoms with Crippen molar-refractivity contribution in [2.45, 2.75) is 53.5 Å². The molecule has 184 valence electrons. The fraction of sp³-hybridized carbons (Fsp3) is 0.321. The van der Waals surface area contributed by atoms with Crippen LogP contribution in [0.1, 0.15) is 54.2 Å². The summed E-state index contributed by atoms with van der Waals surface area (Å²) in [5.74, 6) is -1.63. The number of rotatable bonds is 7. The maximum Gasteiger partial charge on any atom is 0.329 e. The number of carboxylic acids is 1. The molecule has 4 N–H and O–H groups in total. The number of carboxylic acid groups (broad SMARTS) is 1. The molecule has 3 aromatic rings. The van der Waals surface area contributed by atoms with Gasteiger partial charge in [-0.05, 0) is 74.1 Å². The summed E-state index contributed by atoms with van der Waals surface area (Å²) in [6.45, 7) is 11.1. The number of anilines is 2. The summed E-state index contributed by atoms with van der Waals surface area (Å²) in [7, 11) is 0. The highest BCUT2D eigenvalue weighted by Crippen LogP contribution is 2.27. The molecule has 1 atom stereocenters. The SMILES string of the molecule is Cc1cc(C)c(NC(=O)Nc2cc3ccccc3cc2C(=O)NC(C)(CC(C)C)C(=O)O)c(C)c1. The van der Waals surface area contributed by atoms with Gasteiger partial charge in [0, 0.05) is 5.69 Å². The van der Waals surface area contributed by atoms with Crippen molar-refractivity contribution in [3.8, 4) is 0 Å². The summed E-state index contributed by atoms with van der Waals surface area (Å²) in [5, 5.41) is 19.8. The minimum atomic E-state index is -1.45. The molecule has 0 aliphatic heterocycles. The molecule has 0 aliphatic rings. The van der Waals surface area contributed by atoms with Crippen LogP contribution in [0.2, 0.25) is 0 Å². The number of benzene rings is 3. The first-order valence-corrected chi connectivity index (χ1v) is 11.6. The summed E-state index contributed by atoms with van der Waals surface area (Å²) < 4.78 is 0. The first-order valence-electron chi connectivity index (χ1n) is 11.6. The Labute approximate surface area is 205 Å². The van der Waals surface area contributed by atoms with Crippen molar-refractivity contribution in [2.75, 3.05) is 10.6 Å². The molecule has 7 nitrogen and oxygen atoms in total. The van der Waals surface area contributed by atoms with E-state index in [9.17, 15) is 19.5 Å². The van der Waals surface area contributed by atoms with Gasteiger partial charge in [-0.15, -0.1) is 0 Å². The molecule has 3 rings (SSSR count). The van der Waals surface area contributed by atoms with Gasteiger partial charge >= 0.3 is 12.0 Å². The fourth-order valence-corrected chi connectivity index (χ4v) is 4.50. The second kappa shape index (κ2) is 10.2. The Morgan fingerprint density at radius 3 is 2.03 bits per heavy atom. The molecule has 1 unspecified atom stereocenters. The third-order valence-electron chi connectivity index (χ3n) is 5.97. The van der Waals surface area contributed by atoms with E-state index >= 15 is 0 Å². The fourth-order valence-electron chi connectivity index (χ4n) is 4.50. The Bertz CT molecular complexity index is 1280. The summed E-state index contributed by atoms with van der Waals surface area (Å²) in [4.78, 5) is 38.3. The molecule has 3 aromatic carbocycles. The molecule has 0 saturated heterocycles. The molecule has 35 heavy (non-hydrogen) atoms. The first-order chi connectivity index (χ1) is 16.4. The highest BCUT2D eigenvalue weighted by atomic mass is 16.4. The second-order valence-electron chi connectivity index (χ2n) is 9.79. The Morgan fingerprint density at radius 1 is 0.914 bits per heavy atom. The number of carbonyl (C=O) groups excluding carboxylic acids is 2. The van der Waals surface area contributed by atoms with Crippen LogP contribution >= 0.6 is 0 Å². The van der Waals surface area contributed by atoms with Crippen LogP contribution in [-0.2, 0) is 4.79 Å². The third-order valence-corrected chi connectivity index (χ3v) is 5.97. The Morgan fingerprint density at radius 2 is 1.49 bits per heavy atom. The average molecular weight is 476 g/mol. The Hall–Kier alpha value is -3.87. The lowest BCUT2D eigenvalue weighted by Crippen LogP contribution is -2.53. The average Bonchev–Trinajstić information content (AvgIpc) is 2.75. The van der Waals surface area contributed by atoms with E-state index in [1.165, 1.54) is 6.92 Å². The van der Waals surface area contributed by atoms with Crippen molar-refractivity contribution in [2.24, 2.45) is 5.92 Å². The topological polar surface area (TPSA) is 108 Å². The summed E-state index contributed by atoms with van der Waals surface area (Å²) in [6, 6.07) is 14.3. The molecule has 3 amide bonds. The molecule has 0 radical (unpaired) electrons. The van der Waals surface area contributed by atoms with Crippen molar-refractivity contribution < 1.29 is 19.5 Å². The van der Waals surface area contributed by atoms with Gasteiger partial charge in [-0.1, -0.05) is 55.8 Å². The van der Waals surface area contributed by atoms with Gasteiger partial charge in [0.05, 0.1) is 11.3 Å². The van der Waals surface area contributed by atoms with Gasteiger partial charge in [0.15, 0.2) is 0 Å². The van der Waals surface area contributed by atoms with Crippen LogP contribution in [0.4, 0.5) is 16.2 Å². The number of aliphatic carboxylic acids is 1. The minimum Gasteiger partial charge on any atom is -0.480 e. The minimum absolute atomic E-state index is 0.0531. The van der Waals surface area contributed by atoms with Crippen LogP contribution < -0.4 is 16.0 Å². The Balaban J connectivity index is 1.97. The molecule has 0 heterocycles. The van der Waals surface area contributed by atoms with E-state index < -0.39 is 23.4 Å². The number of hydrogen-bond donors (Lipinski definition) is 4. The van der Waals surface area contributed by atoms with Gasteiger partial charge in [-0.25, -0.2) is 9.59 Å². The van der Waals surface area contributed by atoms with E-state index in [0.29, 0.717) is 11.4 Å². The summed E-state index contributed by atoms with van der Waals surface area (Å²) >= 11 is 0. The van der Waals surface area contributed by atoms with Gasteiger partial charge in [-0.3, -0.25) is 4.79 Å². The van der Waals surface area contributed by atoms with E-state index in [-0.39, 0.29) is 17.9 Å². The number of fused-ring (bicyclic) bond motifs is 1. The first kappa shape index (κ1) is 25.7. The van der Waals surface area contributed by atoms with Gasteiger partial charge < -0.3 is 21.1 Å². The lowest BCUT2D eigenvalue weighted by Gasteiger charge is -2.28. The molecule has 7 heteroatoms. The zero-order valence-electron chi connectivity index (χ0n) is 21.1. The molecule has 0 aromatic heterocycles. The lowest BCUT2D eigenvalue weighted by molar-refractivity contribution is -0.144. The van der Waals surface area contributed by atoms with Crippen molar-refractivity contribution in [1.29, 1.82) is 0 Å². The van der Waals surface area contributed by atoms with E-state index in [4.69, 9.17) is 0 Å². The third kappa shape index (κ3) is 5.98. The second-order valence-corrected chi connectivity index (χ2v) is 9.79. The number of hydrogen-bond acceptors (Lipinski definition) is 3. The van der Waals surface area contributed by atoms with Gasteiger partial charge in [0.2, 0.25) is 0 Å². The summed E-state index contributed by atoms with van der Waals surface area (Å²) in [6.07, 6.45) is 0.261. The molecule has 0 aliphatic carbocycles. The van der Waals surface area contributed by atoms with Crippen LogP contribution in [0.5, 0.6) is 0 Å². The van der Waals surface area contributed by atoms with E-state index in [0.717, 1.165) is 27.5 Å². The quantitative estimate of drug-likeness (QED) is 0.335. The van der Waals surface area contributed by atoms with Crippen LogP contribution in [0.15, 0.2) is 48.5 Å². The van der Waals surface area contributed by atoms with Crippen LogP contribution in [-0.4, -0.2) is 28.6 Å². The standard InChI is InChI=1S/C28H33N3O4/c1-16(2)15-28(6,26(33)34)31-25(32)22-13-20-9-7-8-10-21(20)14-23(22)29-27(35)30-24-18(4)11-17(3)12-19(24)5/h7-14,16H,15H2,1-6H3,(H,31,32)(H,33,34)(H2,29,30,35). The molecule has 0 fully saturated rings. The predicted octanol–water partition coefficient (Wildman–Crippen LogP) is 6.03. The molecular formula is C28H33N3O4. The van der Waals surface area contributed by atoms with Gasteiger partial charge in [-0.2, -0.15) is 0 Å².